The molecule has 0 aliphatic heterocycles. The summed E-state index contributed by atoms with van der Waals surface area (Å²) in [6.45, 7) is 4.35. The maximum absolute atomic E-state index is 11.7. The number of hydrogen-bond donors (Lipinski definition) is 1. The third-order valence-electron chi connectivity index (χ3n) is 3.59. The second-order valence-corrected chi connectivity index (χ2v) is 5.55. The van der Waals surface area contributed by atoms with E-state index in [2.05, 4.69) is 0 Å². The summed E-state index contributed by atoms with van der Waals surface area (Å²) >= 11 is 6.13. The molecule has 1 unspecified atom stereocenters. The van der Waals surface area contributed by atoms with E-state index in [0.717, 1.165) is 16.9 Å². The van der Waals surface area contributed by atoms with Crippen molar-refractivity contribution in [3.63, 3.8) is 0 Å². The molecule has 0 spiro atoms. The molecule has 0 aliphatic rings. The lowest BCUT2D eigenvalue weighted by molar-refractivity contribution is -0.138. The van der Waals surface area contributed by atoms with Gasteiger partial charge in [0.15, 0.2) is 0 Å². The molecule has 2 aromatic rings. The summed E-state index contributed by atoms with van der Waals surface area (Å²) in [6.07, 6.45) is 0.366. The van der Waals surface area contributed by atoms with E-state index in [1.54, 1.807) is 6.07 Å². The van der Waals surface area contributed by atoms with Crippen LogP contribution in [-0.4, -0.2) is 17.7 Å². The Labute approximate surface area is 135 Å². The molecule has 0 bridgehead atoms. The van der Waals surface area contributed by atoms with Crippen LogP contribution in [0.15, 0.2) is 42.5 Å². The number of benzene rings is 2. The number of carboxylic acids is 1. The second kappa shape index (κ2) is 7.32. The maximum Gasteiger partial charge on any atom is 0.311 e. The van der Waals surface area contributed by atoms with Crippen molar-refractivity contribution in [2.45, 2.75) is 26.2 Å². The quantitative estimate of drug-likeness (QED) is 0.855. The van der Waals surface area contributed by atoms with E-state index in [9.17, 15) is 9.90 Å². The second-order valence-electron chi connectivity index (χ2n) is 5.14. The molecule has 0 saturated carbocycles. The summed E-state index contributed by atoms with van der Waals surface area (Å²) in [6, 6.07) is 12.9. The number of carbonyl (C=O) groups is 1. The van der Waals surface area contributed by atoms with Crippen molar-refractivity contribution in [1.82, 2.24) is 0 Å². The minimum atomic E-state index is -0.869. The normalized spacial score (nSPS) is 12.0. The number of ether oxygens (including phenoxy) is 1. The maximum atomic E-state index is 11.7. The number of aliphatic carboxylic acids is 1. The average Bonchev–Trinajstić information content (AvgIpc) is 2.49. The minimum Gasteiger partial charge on any atom is -0.494 e. The van der Waals surface area contributed by atoms with Crippen molar-refractivity contribution in [2.24, 2.45) is 0 Å². The summed E-state index contributed by atoms with van der Waals surface area (Å²) in [4.78, 5) is 11.7. The molecule has 3 nitrogen and oxygen atoms in total. The van der Waals surface area contributed by atoms with Crippen LogP contribution in [0.1, 0.15) is 29.5 Å². The van der Waals surface area contributed by atoms with Gasteiger partial charge in [-0.2, -0.15) is 0 Å². The zero-order chi connectivity index (χ0) is 16.1. The van der Waals surface area contributed by atoms with Gasteiger partial charge in [-0.25, -0.2) is 0 Å². The van der Waals surface area contributed by atoms with E-state index in [1.807, 2.05) is 50.2 Å². The Kier molecular flexibility index (Phi) is 5.45. The molecule has 116 valence electrons. The van der Waals surface area contributed by atoms with Crippen LogP contribution in [0.3, 0.4) is 0 Å². The smallest absolute Gasteiger partial charge is 0.311 e. The van der Waals surface area contributed by atoms with Gasteiger partial charge in [0, 0.05) is 5.02 Å². The molecule has 0 amide bonds. The van der Waals surface area contributed by atoms with Gasteiger partial charge in [0.1, 0.15) is 5.75 Å². The Morgan fingerprint density at radius 2 is 2.00 bits per heavy atom. The fourth-order valence-electron chi connectivity index (χ4n) is 2.36. The van der Waals surface area contributed by atoms with E-state index in [4.69, 9.17) is 16.3 Å². The fourth-order valence-corrected chi connectivity index (χ4v) is 2.55. The van der Waals surface area contributed by atoms with Gasteiger partial charge in [-0.1, -0.05) is 41.9 Å². The Morgan fingerprint density at radius 3 is 2.64 bits per heavy atom. The predicted octanol–water partition coefficient (Wildman–Crippen LogP) is 4.46. The van der Waals surface area contributed by atoms with Crippen molar-refractivity contribution >= 4 is 17.6 Å². The van der Waals surface area contributed by atoms with Gasteiger partial charge >= 0.3 is 5.97 Å². The van der Waals surface area contributed by atoms with E-state index in [-0.39, 0.29) is 0 Å². The lowest BCUT2D eigenvalue weighted by atomic mass is 9.91. The Balaban J connectivity index is 2.33. The van der Waals surface area contributed by atoms with Crippen LogP contribution in [0.2, 0.25) is 5.02 Å². The molecular formula is C18H19ClO3. The lowest BCUT2D eigenvalue weighted by Crippen LogP contribution is -2.15. The average molecular weight is 319 g/mol. The van der Waals surface area contributed by atoms with Gasteiger partial charge in [-0.15, -0.1) is 0 Å². The molecule has 4 heteroatoms. The summed E-state index contributed by atoms with van der Waals surface area (Å²) in [5.41, 5.74) is 2.52. The lowest BCUT2D eigenvalue weighted by Gasteiger charge is -2.16. The van der Waals surface area contributed by atoms with Gasteiger partial charge in [-0.05, 0) is 49.1 Å². The van der Waals surface area contributed by atoms with Gasteiger partial charge in [-0.3, -0.25) is 4.79 Å². The highest BCUT2D eigenvalue weighted by Crippen LogP contribution is 2.29. The van der Waals surface area contributed by atoms with Crippen molar-refractivity contribution in [2.75, 3.05) is 6.61 Å². The molecule has 1 atom stereocenters. The van der Waals surface area contributed by atoms with Gasteiger partial charge in [0.25, 0.3) is 0 Å². The molecule has 0 saturated heterocycles. The molecule has 0 heterocycles. The van der Waals surface area contributed by atoms with E-state index in [0.29, 0.717) is 23.6 Å². The third kappa shape index (κ3) is 3.80. The third-order valence-corrected chi connectivity index (χ3v) is 4.00. The monoisotopic (exact) mass is 318 g/mol. The molecule has 0 aromatic heterocycles. The largest absolute Gasteiger partial charge is 0.494 e. The first-order valence-corrected chi connectivity index (χ1v) is 7.60. The standard InChI is InChI=1S/C18H19ClO3/c1-3-22-17-7-5-4-6-14(17)10-15(18(20)21)13-9-8-12(2)16(19)11-13/h4-9,11,15H,3,10H2,1-2H3,(H,20,21). The molecule has 2 aromatic carbocycles. The van der Waals surface area contributed by atoms with Crippen LogP contribution in [-0.2, 0) is 11.2 Å². The summed E-state index contributed by atoms with van der Waals surface area (Å²) in [5.74, 6) is -0.791. The van der Waals surface area contributed by atoms with Crippen LogP contribution in [0.4, 0.5) is 0 Å². The van der Waals surface area contributed by atoms with Gasteiger partial charge < -0.3 is 9.84 Å². The molecule has 0 radical (unpaired) electrons. The highest BCUT2D eigenvalue weighted by molar-refractivity contribution is 6.31. The summed E-state index contributed by atoms with van der Waals surface area (Å²) in [7, 11) is 0. The van der Waals surface area contributed by atoms with Crippen LogP contribution in [0, 0.1) is 6.92 Å². The molecule has 22 heavy (non-hydrogen) atoms. The fraction of sp³-hybridized carbons (Fsp3) is 0.278. The Hall–Kier alpha value is -2.00. The van der Waals surface area contributed by atoms with Gasteiger partial charge in [0.05, 0.1) is 12.5 Å². The molecule has 0 fully saturated rings. The van der Waals surface area contributed by atoms with Crippen LogP contribution in [0.5, 0.6) is 5.75 Å². The first kappa shape index (κ1) is 16.4. The molecule has 2 rings (SSSR count). The molecule has 0 aliphatic carbocycles. The Bertz CT molecular complexity index is 667. The highest BCUT2D eigenvalue weighted by Gasteiger charge is 2.22. The van der Waals surface area contributed by atoms with Crippen LogP contribution in [0.25, 0.3) is 0 Å². The van der Waals surface area contributed by atoms with Gasteiger partial charge in [0.2, 0.25) is 0 Å². The zero-order valence-corrected chi connectivity index (χ0v) is 13.4. The van der Waals surface area contributed by atoms with E-state index in [1.165, 1.54) is 0 Å². The van der Waals surface area contributed by atoms with Crippen molar-refractivity contribution in [1.29, 1.82) is 0 Å². The van der Waals surface area contributed by atoms with Crippen molar-refractivity contribution in [3.8, 4) is 5.75 Å². The highest BCUT2D eigenvalue weighted by atomic mass is 35.5. The first-order valence-electron chi connectivity index (χ1n) is 7.22. The number of hydrogen-bond acceptors (Lipinski definition) is 2. The zero-order valence-electron chi connectivity index (χ0n) is 12.7. The number of halogens is 1. The number of rotatable bonds is 6. The first-order chi connectivity index (χ1) is 10.5. The molecular weight excluding hydrogens is 300 g/mol. The SMILES string of the molecule is CCOc1ccccc1CC(C(=O)O)c1ccc(C)c(Cl)c1. The number of para-hydroxylation sites is 1. The predicted molar refractivity (Wildman–Crippen MR) is 87.9 cm³/mol. The van der Waals surface area contributed by atoms with Crippen molar-refractivity contribution in [3.05, 3.63) is 64.2 Å². The Morgan fingerprint density at radius 1 is 1.27 bits per heavy atom. The van der Waals surface area contributed by atoms with Crippen molar-refractivity contribution < 1.29 is 14.6 Å². The van der Waals surface area contributed by atoms with E-state index < -0.39 is 11.9 Å². The van der Waals surface area contributed by atoms with Crippen LogP contribution >= 0.6 is 11.6 Å². The minimum absolute atomic E-state index is 0.366. The summed E-state index contributed by atoms with van der Waals surface area (Å²) in [5, 5.41) is 10.2. The van der Waals surface area contributed by atoms with Crippen LogP contribution < -0.4 is 4.74 Å². The summed E-state index contributed by atoms with van der Waals surface area (Å²) < 4.78 is 5.58. The number of carboxylic acid groups (broad SMARTS) is 1. The molecule has 1 N–H and O–H groups in total. The van der Waals surface area contributed by atoms with E-state index >= 15 is 0 Å². The number of aryl methyl sites for hydroxylation is 1. The topological polar surface area (TPSA) is 46.5 Å².